The van der Waals surface area contributed by atoms with Crippen LogP contribution in [0.1, 0.15) is 10.4 Å². The third-order valence-electron chi connectivity index (χ3n) is 3.11. The zero-order valence-electron chi connectivity index (χ0n) is 11.4. The summed E-state index contributed by atoms with van der Waals surface area (Å²) in [5.41, 5.74) is 2.62. The monoisotopic (exact) mass is 303 g/mol. The maximum atomic E-state index is 4.18. The topological polar surface area (TPSA) is 29.9 Å². The molecule has 0 aliphatic heterocycles. The van der Waals surface area contributed by atoms with E-state index in [2.05, 4.69) is 45.6 Å². The number of nitrogens with zero attached hydrogens (tertiary/aromatic N) is 2. The molecule has 0 spiro atoms. The Morgan fingerprint density at radius 1 is 1.35 bits per heavy atom. The second-order valence-electron chi connectivity index (χ2n) is 4.73. The van der Waals surface area contributed by atoms with Crippen molar-refractivity contribution in [3.05, 3.63) is 51.8 Å². The van der Waals surface area contributed by atoms with Crippen LogP contribution in [-0.2, 0) is 20.0 Å². The Morgan fingerprint density at radius 2 is 2.30 bits per heavy atom. The highest BCUT2D eigenvalue weighted by atomic mass is 32.1. The number of hydrogen-bond acceptors (Lipinski definition) is 4. The molecule has 0 atom stereocenters. The van der Waals surface area contributed by atoms with Crippen molar-refractivity contribution in [2.24, 2.45) is 7.05 Å². The van der Waals surface area contributed by atoms with Crippen LogP contribution in [0.15, 0.2) is 41.4 Å². The van der Waals surface area contributed by atoms with Gasteiger partial charge in [0.1, 0.15) is 0 Å². The molecule has 0 bridgehead atoms. The third kappa shape index (κ3) is 3.36. The molecule has 3 aromatic rings. The van der Waals surface area contributed by atoms with Crippen molar-refractivity contribution in [3.8, 4) is 10.4 Å². The van der Waals surface area contributed by atoms with Crippen molar-refractivity contribution < 1.29 is 0 Å². The molecule has 0 aromatic carbocycles. The van der Waals surface area contributed by atoms with Gasteiger partial charge in [-0.25, -0.2) is 0 Å². The minimum Gasteiger partial charge on any atom is -0.312 e. The molecule has 0 saturated carbocycles. The fourth-order valence-electron chi connectivity index (χ4n) is 2.09. The number of thiophene rings is 2. The molecule has 3 rings (SSSR count). The van der Waals surface area contributed by atoms with E-state index in [1.807, 2.05) is 29.3 Å². The van der Waals surface area contributed by atoms with Crippen LogP contribution in [0.2, 0.25) is 0 Å². The first-order valence-electron chi connectivity index (χ1n) is 6.61. The molecule has 3 aromatic heterocycles. The number of nitrogens with one attached hydrogen (secondary N) is 1. The van der Waals surface area contributed by atoms with E-state index in [-0.39, 0.29) is 0 Å². The summed E-state index contributed by atoms with van der Waals surface area (Å²) in [5.74, 6) is 0. The van der Waals surface area contributed by atoms with E-state index in [9.17, 15) is 0 Å². The largest absolute Gasteiger partial charge is 0.312 e. The van der Waals surface area contributed by atoms with Gasteiger partial charge in [0.15, 0.2) is 0 Å². The van der Waals surface area contributed by atoms with Crippen LogP contribution >= 0.6 is 22.7 Å². The number of hydrogen-bond donors (Lipinski definition) is 1. The van der Waals surface area contributed by atoms with Crippen LogP contribution in [0.25, 0.3) is 10.4 Å². The normalized spacial score (nSPS) is 11.1. The Hall–Kier alpha value is -1.43. The van der Waals surface area contributed by atoms with E-state index in [0.717, 1.165) is 19.5 Å². The van der Waals surface area contributed by atoms with Crippen LogP contribution in [0.5, 0.6) is 0 Å². The maximum Gasteiger partial charge on any atom is 0.0522 e. The minimum atomic E-state index is 0.941. The van der Waals surface area contributed by atoms with Crippen LogP contribution in [-0.4, -0.2) is 16.3 Å². The van der Waals surface area contributed by atoms with Gasteiger partial charge in [-0.3, -0.25) is 4.68 Å². The summed E-state index contributed by atoms with van der Waals surface area (Å²) in [6, 6.07) is 6.56. The summed E-state index contributed by atoms with van der Waals surface area (Å²) < 4.78 is 1.85. The van der Waals surface area contributed by atoms with Gasteiger partial charge in [0, 0.05) is 35.1 Å². The Bertz CT molecular complexity index is 652. The molecule has 0 radical (unpaired) electrons. The lowest BCUT2D eigenvalue weighted by molar-refractivity contribution is 0.693. The number of aromatic nitrogens is 2. The molecule has 20 heavy (non-hydrogen) atoms. The minimum absolute atomic E-state index is 0.941. The molecule has 3 heterocycles. The van der Waals surface area contributed by atoms with Gasteiger partial charge in [0.05, 0.1) is 6.20 Å². The standard InChI is InChI=1S/C15H17N3S2/c1-18-10-12(8-17-18)4-5-16-9-14-7-13(11-20-14)15-3-2-6-19-15/h2-3,6-8,10-11,16H,4-5,9H2,1H3. The SMILES string of the molecule is Cn1cc(CCNCc2cc(-c3cccs3)cs2)cn1. The first kappa shape index (κ1) is 13.5. The van der Waals surface area contributed by atoms with E-state index in [0.29, 0.717) is 0 Å². The summed E-state index contributed by atoms with van der Waals surface area (Å²) in [7, 11) is 1.95. The van der Waals surface area contributed by atoms with Crippen LogP contribution < -0.4 is 5.32 Å². The van der Waals surface area contributed by atoms with E-state index >= 15 is 0 Å². The molecule has 0 amide bonds. The second-order valence-corrected chi connectivity index (χ2v) is 6.67. The molecule has 3 nitrogen and oxygen atoms in total. The smallest absolute Gasteiger partial charge is 0.0522 e. The number of aryl methyl sites for hydroxylation is 1. The van der Waals surface area contributed by atoms with E-state index < -0.39 is 0 Å². The lowest BCUT2D eigenvalue weighted by atomic mass is 10.2. The molecule has 0 fully saturated rings. The molecular weight excluding hydrogens is 286 g/mol. The molecule has 0 unspecified atom stereocenters. The summed E-state index contributed by atoms with van der Waals surface area (Å²) in [6.45, 7) is 1.92. The summed E-state index contributed by atoms with van der Waals surface area (Å²) >= 11 is 3.62. The van der Waals surface area contributed by atoms with Gasteiger partial charge in [-0.1, -0.05) is 6.07 Å². The molecule has 0 aliphatic rings. The molecule has 1 N–H and O–H groups in total. The lowest BCUT2D eigenvalue weighted by Gasteiger charge is -2.01. The Labute approximate surface area is 126 Å². The average molecular weight is 303 g/mol. The van der Waals surface area contributed by atoms with Crippen molar-refractivity contribution in [2.45, 2.75) is 13.0 Å². The third-order valence-corrected chi connectivity index (χ3v) is 4.96. The van der Waals surface area contributed by atoms with Crippen molar-refractivity contribution in [1.82, 2.24) is 15.1 Å². The van der Waals surface area contributed by atoms with Gasteiger partial charge >= 0.3 is 0 Å². The predicted molar refractivity (Wildman–Crippen MR) is 86.3 cm³/mol. The second kappa shape index (κ2) is 6.35. The molecule has 0 aliphatic carbocycles. The van der Waals surface area contributed by atoms with Gasteiger partial charge in [0.25, 0.3) is 0 Å². The van der Waals surface area contributed by atoms with Crippen LogP contribution in [0, 0.1) is 0 Å². The molecule has 104 valence electrons. The van der Waals surface area contributed by atoms with Gasteiger partial charge in [-0.05, 0) is 41.4 Å². The van der Waals surface area contributed by atoms with Crippen LogP contribution in [0.4, 0.5) is 0 Å². The zero-order valence-corrected chi connectivity index (χ0v) is 13.0. The van der Waals surface area contributed by atoms with Gasteiger partial charge < -0.3 is 5.32 Å². The molecular formula is C15H17N3S2. The first-order chi connectivity index (χ1) is 9.81. The Morgan fingerprint density at radius 3 is 3.05 bits per heavy atom. The van der Waals surface area contributed by atoms with Crippen molar-refractivity contribution >= 4 is 22.7 Å². The molecule has 5 heteroatoms. The highest BCUT2D eigenvalue weighted by Gasteiger charge is 2.03. The zero-order chi connectivity index (χ0) is 13.8. The highest BCUT2D eigenvalue weighted by molar-refractivity contribution is 7.14. The quantitative estimate of drug-likeness (QED) is 0.706. The maximum absolute atomic E-state index is 4.18. The van der Waals surface area contributed by atoms with Crippen LogP contribution in [0.3, 0.4) is 0 Å². The van der Waals surface area contributed by atoms with E-state index in [4.69, 9.17) is 0 Å². The summed E-state index contributed by atoms with van der Waals surface area (Å²) in [4.78, 5) is 2.74. The first-order valence-corrected chi connectivity index (χ1v) is 8.37. The van der Waals surface area contributed by atoms with E-state index in [1.54, 1.807) is 11.3 Å². The number of rotatable bonds is 6. The van der Waals surface area contributed by atoms with E-state index in [1.165, 1.54) is 20.9 Å². The van der Waals surface area contributed by atoms with Crippen molar-refractivity contribution in [1.29, 1.82) is 0 Å². The summed E-state index contributed by atoms with van der Waals surface area (Å²) in [6.07, 6.45) is 5.03. The van der Waals surface area contributed by atoms with Crippen molar-refractivity contribution in [3.63, 3.8) is 0 Å². The average Bonchev–Trinajstić information content (AvgIpc) is 3.16. The van der Waals surface area contributed by atoms with Crippen molar-refractivity contribution in [2.75, 3.05) is 6.54 Å². The Kier molecular flexibility index (Phi) is 4.30. The van der Waals surface area contributed by atoms with Gasteiger partial charge in [0.2, 0.25) is 0 Å². The fraction of sp³-hybridized carbons (Fsp3) is 0.267. The fourth-order valence-corrected chi connectivity index (χ4v) is 3.73. The molecule has 0 saturated heterocycles. The Balaban J connectivity index is 1.47. The highest BCUT2D eigenvalue weighted by Crippen LogP contribution is 2.29. The predicted octanol–water partition coefficient (Wildman–Crippen LogP) is 3.54. The summed E-state index contributed by atoms with van der Waals surface area (Å²) in [5, 5.41) is 12.0. The van der Waals surface area contributed by atoms with Gasteiger partial charge in [-0.15, -0.1) is 22.7 Å². The lowest BCUT2D eigenvalue weighted by Crippen LogP contribution is -2.15. The van der Waals surface area contributed by atoms with Gasteiger partial charge in [-0.2, -0.15) is 5.10 Å².